The quantitative estimate of drug-likeness (QED) is 0.107. The van der Waals surface area contributed by atoms with Crippen LogP contribution in [0.25, 0.3) is 0 Å². The van der Waals surface area contributed by atoms with E-state index in [1.54, 1.807) is 30.3 Å². The van der Waals surface area contributed by atoms with Crippen molar-refractivity contribution in [3.8, 4) is 0 Å². The average molecular weight is 1130 g/mol. The van der Waals surface area contributed by atoms with Gasteiger partial charge in [-0.3, -0.25) is 62.5 Å². The smallest absolute Gasteiger partial charge is 0.303 e. The van der Waals surface area contributed by atoms with Crippen LogP contribution in [0.4, 0.5) is 0 Å². The van der Waals surface area contributed by atoms with Crippen LogP contribution in [0.15, 0.2) is 83.8 Å². The highest BCUT2D eigenvalue weighted by Gasteiger charge is 2.63. The summed E-state index contributed by atoms with van der Waals surface area (Å²) in [5, 5.41) is 0. The van der Waals surface area contributed by atoms with E-state index in [1.807, 2.05) is 0 Å². The summed E-state index contributed by atoms with van der Waals surface area (Å²) in [4.78, 5) is 152. The predicted octanol–water partition coefficient (Wildman–Crippen LogP) is 2.86. The molecule has 0 saturated carbocycles. The number of hydrogen-bond donors (Lipinski definition) is 0. The van der Waals surface area contributed by atoms with Gasteiger partial charge in [0.1, 0.15) is 55.1 Å². The third kappa shape index (κ3) is 12.5. The van der Waals surface area contributed by atoms with Crippen LogP contribution >= 0.6 is 11.8 Å². The third-order valence-electron chi connectivity index (χ3n) is 13.2. The van der Waals surface area contributed by atoms with Gasteiger partial charge in [-0.05, 0) is 43.3 Å². The van der Waals surface area contributed by atoms with Crippen molar-refractivity contribution >= 4 is 77.2 Å². The maximum atomic E-state index is 15.0. The second-order valence-corrected chi connectivity index (χ2v) is 20.1. The molecule has 3 aromatic rings. The Balaban J connectivity index is 1.38. The molecule has 0 N–H and O–H groups in total. The molecule has 8 rings (SSSR count). The van der Waals surface area contributed by atoms with Gasteiger partial charge in [-0.15, -0.1) is 0 Å². The monoisotopic (exact) mass is 1130 g/mol. The van der Waals surface area contributed by atoms with Gasteiger partial charge in [0.25, 0.3) is 23.6 Å². The Morgan fingerprint density at radius 2 is 0.825 bits per heavy atom. The Kier molecular flexibility index (Phi) is 18.1. The molecule has 25 nitrogen and oxygen atoms in total. The fourth-order valence-corrected chi connectivity index (χ4v) is 11.4. The molecule has 0 unspecified atom stereocenters. The van der Waals surface area contributed by atoms with Crippen molar-refractivity contribution in [2.75, 3.05) is 13.2 Å². The molecule has 5 heterocycles. The van der Waals surface area contributed by atoms with Gasteiger partial charge in [0, 0.05) is 53.4 Å². The molecular formula is C54H56N2O23S. The molecule has 4 amide bonds. The van der Waals surface area contributed by atoms with Gasteiger partial charge in [-0.25, -0.2) is 0 Å². The molecule has 5 aliphatic rings. The molecule has 0 radical (unpaired) electrons. The van der Waals surface area contributed by atoms with E-state index in [0.29, 0.717) is 9.80 Å². The summed E-state index contributed by atoms with van der Waals surface area (Å²) in [7, 11) is 0. The zero-order valence-electron chi connectivity index (χ0n) is 44.3. The molecule has 3 aromatic carbocycles. The van der Waals surface area contributed by atoms with Gasteiger partial charge in [0.15, 0.2) is 43.1 Å². The van der Waals surface area contributed by atoms with Crippen LogP contribution in [0.1, 0.15) is 96.8 Å². The number of ether oxygens (including phenoxy) is 12. The lowest BCUT2D eigenvalue weighted by molar-refractivity contribution is -0.354. The van der Waals surface area contributed by atoms with E-state index in [9.17, 15) is 52.7 Å². The predicted molar refractivity (Wildman–Crippen MR) is 266 cm³/mol. The van der Waals surface area contributed by atoms with E-state index in [-0.39, 0.29) is 22.3 Å². The highest BCUT2D eigenvalue weighted by atomic mass is 32.2. The Morgan fingerprint density at radius 1 is 0.425 bits per heavy atom. The van der Waals surface area contributed by atoms with Gasteiger partial charge >= 0.3 is 41.8 Å². The van der Waals surface area contributed by atoms with Gasteiger partial charge in [0.05, 0.1) is 28.4 Å². The fraction of sp³-hybridized carbons (Fsp3) is 0.463. The molecule has 0 aromatic heterocycles. The number of carbonyl (C=O) groups is 11. The molecule has 80 heavy (non-hydrogen) atoms. The molecule has 3 fully saturated rings. The molecule has 0 aliphatic carbocycles. The van der Waals surface area contributed by atoms with Gasteiger partial charge in [0.2, 0.25) is 0 Å². The molecule has 5 aliphatic heterocycles. The number of thioether (sulfide) groups is 1. The van der Waals surface area contributed by atoms with E-state index in [4.69, 9.17) is 56.8 Å². The third-order valence-corrected chi connectivity index (χ3v) is 14.4. The number of imide groups is 2. The van der Waals surface area contributed by atoms with E-state index in [2.05, 4.69) is 0 Å². The lowest BCUT2D eigenvalue weighted by atomic mass is 9.92. The van der Waals surface area contributed by atoms with Crippen molar-refractivity contribution in [2.45, 2.75) is 151 Å². The van der Waals surface area contributed by atoms with E-state index in [0.717, 1.165) is 65.1 Å². The molecular weight excluding hydrogens is 1080 g/mol. The summed E-state index contributed by atoms with van der Waals surface area (Å²) >= 11 is 0.979. The minimum absolute atomic E-state index is 0.0472. The number of amides is 4. The number of hydrogen-bond acceptors (Lipinski definition) is 24. The van der Waals surface area contributed by atoms with Crippen molar-refractivity contribution in [1.82, 2.24) is 9.80 Å². The Labute approximate surface area is 460 Å². The normalized spacial score (nSPS) is 29.9. The highest BCUT2D eigenvalue weighted by Crippen LogP contribution is 2.45. The lowest BCUT2D eigenvalue weighted by Gasteiger charge is -2.53. The average Bonchev–Trinajstić information content (AvgIpc) is 3.79. The summed E-state index contributed by atoms with van der Waals surface area (Å²) in [6.07, 6.45) is -21.2. The first kappa shape index (κ1) is 58.5. The number of benzene rings is 3. The van der Waals surface area contributed by atoms with Crippen molar-refractivity contribution < 1.29 is 110 Å². The number of fused-ring (bicyclic) bond motifs is 2. The number of esters is 7. The Bertz CT molecular complexity index is 2870. The summed E-state index contributed by atoms with van der Waals surface area (Å²) in [5.74, 6) is -10.2. The largest absolute Gasteiger partial charge is 0.463 e. The second-order valence-electron chi connectivity index (χ2n) is 18.9. The van der Waals surface area contributed by atoms with Crippen LogP contribution in [0.5, 0.6) is 0 Å². The number of rotatable bonds is 17. The first-order chi connectivity index (χ1) is 38.0. The lowest BCUT2D eigenvalue weighted by Crippen LogP contribution is -2.71. The molecule has 0 spiro atoms. The minimum atomic E-state index is -2.15. The maximum absolute atomic E-state index is 15.0. The van der Waals surface area contributed by atoms with Crippen molar-refractivity contribution in [3.05, 3.63) is 101 Å². The topological polar surface area (TPSA) is 305 Å². The van der Waals surface area contributed by atoms with Crippen molar-refractivity contribution in [1.29, 1.82) is 0 Å². The van der Waals surface area contributed by atoms with Crippen LogP contribution in [-0.2, 0) is 90.4 Å². The first-order valence-electron chi connectivity index (χ1n) is 25.1. The zero-order chi connectivity index (χ0) is 57.9. The summed E-state index contributed by atoms with van der Waals surface area (Å²) in [6, 6.07) is 16.3. The molecule has 3 saturated heterocycles. The summed E-state index contributed by atoms with van der Waals surface area (Å²) < 4.78 is 73.5. The van der Waals surface area contributed by atoms with Crippen LogP contribution in [0.3, 0.4) is 0 Å². The standard InChI is InChI=1S/C54H56N2O23S/c1-24-41(71-27(4)59)46(74-30(7)62)47(75-31(8)63)53(70-24)79-45-40(56-50(66)35-20-14-15-21-36(35)51(56)67)54(80-32-16-10-9-11-17-32)77-38(23-69-26(3)58)43(45)78-52-39(55-48(64)33-18-12-13-19-34(33)49(55)65)44(73-29(6)61)42(72-28(5)60)37(76-52)22-68-25(2)57/h9-21,24,37-47,52-54H,22-23H2,1-8H3/t24-,37+,38+,39+,40+,41+,42-,43+,44+,45+,46+,47-,52-,53-,54-/m0/s1. The van der Waals surface area contributed by atoms with Crippen molar-refractivity contribution in [2.24, 2.45) is 0 Å². The second kappa shape index (κ2) is 24.8. The summed E-state index contributed by atoms with van der Waals surface area (Å²) in [6.45, 7) is 7.21. The molecule has 15 atom stereocenters. The highest BCUT2D eigenvalue weighted by molar-refractivity contribution is 7.99. The van der Waals surface area contributed by atoms with E-state index in [1.165, 1.54) is 55.5 Å². The van der Waals surface area contributed by atoms with Crippen LogP contribution < -0.4 is 0 Å². The molecule has 0 bridgehead atoms. The number of carbonyl (C=O) groups excluding carboxylic acids is 11. The zero-order valence-corrected chi connectivity index (χ0v) is 45.1. The summed E-state index contributed by atoms with van der Waals surface area (Å²) in [5.41, 5.74) is -1.77. The number of nitrogens with zero attached hydrogens (tertiary/aromatic N) is 2. The fourth-order valence-electron chi connectivity index (χ4n) is 10.2. The first-order valence-corrected chi connectivity index (χ1v) is 26.0. The molecule has 26 heteroatoms. The van der Waals surface area contributed by atoms with Crippen LogP contribution in [0.2, 0.25) is 0 Å². The van der Waals surface area contributed by atoms with E-state index >= 15 is 0 Å². The van der Waals surface area contributed by atoms with Gasteiger partial charge < -0.3 is 56.8 Å². The SMILES string of the molecule is CC(=O)OC[C@H]1O[C@@H](O[C@H]2[C@H](O[C@@H]3O[C@@H](C)[C@@H](OC(C)=O)[C@@H](OC(C)=O)[C@@H]3OC(C)=O)[C@@H](N3C(=O)c4ccccc4C3=O)[C@H](Sc3ccccc3)O[C@@H]2COC(C)=O)[C@H](N2C(=O)c3ccccc3C2=O)[C@@H](OC(C)=O)[C@H]1OC(C)=O. The van der Waals surface area contributed by atoms with Crippen molar-refractivity contribution in [3.63, 3.8) is 0 Å². The van der Waals surface area contributed by atoms with Gasteiger partial charge in [-0.1, -0.05) is 54.2 Å². The Hall–Kier alpha value is -7.62. The minimum Gasteiger partial charge on any atom is -0.463 e. The Morgan fingerprint density at radius 3 is 1.30 bits per heavy atom. The maximum Gasteiger partial charge on any atom is 0.303 e. The van der Waals surface area contributed by atoms with Gasteiger partial charge in [-0.2, -0.15) is 0 Å². The molecule has 426 valence electrons. The van der Waals surface area contributed by atoms with Crippen LogP contribution in [0, 0.1) is 0 Å². The van der Waals surface area contributed by atoms with E-state index < -0.39 is 170 Å². The van der Waals surface area contributed by atoms with Crippen LogP contribution in [-0.4, -0.2) is 180 Å².